The van der Waals surface area contributed by atoms with E-state index in [4.69, 9.17) is 9.47 Å². The highest BCUT2D eigenvalue weighted by Gasteiger charge is 2.39. The zero-order valence-corrected chi connectivity index (χ0v) is 30.9. The van der Waals surface area contributed by atoms with E-state index < -0.39 is 18.3 Å². The summed E-state index contributed by atoms with van der Waals surface area (Å²) in [6.07, 6.45) is 24.6. The SMILES string of the molecule is CCCCC[C@H](O)/C=C/[C@H]1C(=O)C[C@H](O)[C@@H]1CCCCCCC(=O)OC[C@H](O)COC(=O)CCCCCCCCCCCCCC(C)C. The average molecular weight is 681 g/mol. The van der Waals surface area contributed by atoms with E-state index in [1.165, 1.54) is 57.8 Å². The van der Waals surface area contributed by atoms with Crippen LogP contribution < -0.4 is 0 Å². The Morgan fingerprint density at radius 1 is 0.729 bits per heavy atom. The summed E-state index contributed by atoms with van der Waals surface area (Å²) in [7, 11) is 0. The van der Waals surface area contributed by atoms with Crippen LogP contribution in [-0.2, 0) is 23.9 Å². The molecular formula is C40H72O8. The van der Waals surface area contributed by atoms with Crippen LogP contribution in [0.3, 0.4) is 0 Å². The lowest BCUT2D eigenvalue weighted by atomic mass is 9.88. The van der Waals surface area contributed by atoms with E-state index >= 15 is 0 Å². The zero-order valence-electron chi connectivity index (χ0n) is 30.9. The van der Waals surface area contributed by atoms with Gasteiger partial charge in [-0.05, 0) is 37.5 Å². The molecule has 5 atom stereocenters. The van der Waals surface area contributed by atoms with E-state index in [1.807, 2.05) is 0 Å². The van der Waals surface area contributed by atoms with Gasteiger partial charge in [-0.25, -0.2) is 0 Å². The van der Waals surface area contributed by atoms with Crippen LogP contribution >= 0.6 is 0 Å². The number of ether oxygens (including phenoxy) is 2. The second kappa shape index (κ2) is 29.0. The first-order valence-electron chi connectivity index (χ1n) is 19.7. The van der Waals surface area contributed by atoms with Gasteiger partial charge in [0.2, 0.25) is 0 Å². The minimum Gasteiger partial charge on any atom is -0.463 e. The van der Waals surface area contributed by atoms with Gasteiger partial charge in [-0.2, -0.15) is 0 Å². The van der Waals surface area contributed by atoms with Crippen molar-refractivity contribution < 1.29 is 39.2 Å². The molecule has 0 radical (unpaired) electrons. The molecule has 280 valence electrons. The second-order valence-electron chi connectivity index (χ2n) is 14.7. The second-order valence-corrected chi connectivity index (χ2v) is 14.7. The number of allylic oxidation sites excluding steroid dienone is 1. The molecule has 0 bridgehead atoms. The van der Waals surface area contributed by atoms with E-state index in [0.717, 1.165) is 70.1 Å². The molecule has 0 aromatic carbocycles. The van der Waals surface area contributed by atoms with Crippen LogP contribution in [-0.4, -0.2) is 64.6 Å². The largest absolute Gasteiger partial charge is 0.463 e. The molecule has 8 nitrogen and oxygen atoms in total. The lowest BCUT2D eigenvalue weighted by Gasteiger charge is -2.19. The number of aliphatic hydroxyl groups excluding tert-OH is 3. The number of carbonyl (C=O) groups is 3. The predicted molar refractivity (Wildman–Crippen MR) is 192 cm³/mol. The summed E-state index contributed by atoms with van der Waals surface area (Å²) < 4.78 is 10.3. The fraction of sp³-hybridized carbons (Fsp3) is 0.875. The number of hydrogen-bond donors (Lipinski definition) is 3. The third-order valence-electron chi connectivity index (χ3n) is 9.59. The van der Waals surface area contributed by atoms with Gasteiger partial charge in [0.1, 0.15) is 25.1 Å². The van der Waals surface area contributed by atoms with Crippen molar-refractivity contribution in [2.45, 2.75) is 193 Å². The van der Waals surface area contributed by atoms with Crippen molar-refractivity contribution in [2.24, 2.45) is 17.8 Å². The molecular weight excluding hydrogens is 608 g/mol. The molecule has 0 spiro atoms. The highest BCUT2D eigenvalue weighted by atomic mass is 16.6. The van der Waals surface area contributed by atoms with Crippen LogP contribution in [0.15, 0.2) is 12.2 Å². The Morgan fingerprint density at radius 3 is 1.73 bits per heavy atom. The maximum absolute atomic E-state index is 12.4. The number of Topliss-reactive ketones (excluding diaryl/α,β-unsaturated/α-hetero) is 1. The Morgan fingerprint density at radius 2 is 1.21 bits per heavy atom. The molecule has 0 aromatic heterocycles. The van der Waals surface area contributed by atoms with Crippen LogP contribution in [0.5, 0.6) is 0 Å². The van der Waals surface area contributed by atoms with Gasteiger partial charge in [-0.3, -0.25) is 14.4 Å². The molecule has 1 aliphatic carbocycles. The van der Waals surface area contributed by atoms with Gasteiger partial charge >= 0.3 is 11.9 Å². The molecule has 1 saturated carbocycles. The maximum atomic E-state index is 12.4. The molecule has 1 aliphatic rings. The minimum atomic E-state index is -1.03. The summed E-state index contributed by atoms with van der Waals surface area (Å²) in [6, 6.07) is 0. The number of rotatable bonds is 31. The number of esters is 2. The molecule has 0 amide bonds. The van der Waals surface area contributed by atoms with Gasteiger partial charge in [0.15, 0.2) is 0 Å². The average Bonchev–Trinajstić information content (AvgIpc) is 3.32. The van der Waals surface area contributed by atoms with Gasteiger partial charge in [-0.1, -0.05) is 142 Å². The summed E-state index contributed by atoms with van der Waals surface area (Å²) in [5.74, 6) is -0.327. The van der Waals surface area contributed by atoms with E-state index in [1.54, 1.807) is 12.2 Å². The normalized spacial score (nSPS) is 19.3. The van der Waals surface area contributed by atoms with E-state index in [0.29, 0.717) is 19.3 Å². The summed E-state index contributed by atoms with van der Waals surface area (Å²) in [5.41, 5.74) is 0. The standard InChI is InChI=1S/C40H72O8/c1-4-5-17-23-33(41)27-28-36-35(37(43)29-38(36)44)24-19-15-16-21-26-40(46)48-31-34(42)30-47-39(45)25-20-14-12-10-8-6-7-9-11-13-18-22-32(2)3/h27-28,32-37,41-43H,4-26,29-31H2,1-3H3/b28-27+/t33-,34+,35+,36+,37-/m0/s1. The van der Waals surface area contributed by atoms with Crippen molar-refractivity contribution in [1.82, 2.24) is 0 Å². The lowest BCUT2D eigenvalue weighted by Crippen LogP contribution is -2.25. The summed E-state index contributed by atoms with van der Waals surface area (Å²) >= 11 is 0. The van der Waals surface area contributed by atoms with Gasteiger partial charge in [-0.15, -0.1) is 0 Å². The Labute approximate surface area is 292 Å². The number of ketones is 1. The Hall–Kier alpha value is -1.77. The fourth-order valence-electron chi connectivity index (χ4n) is 6.53. The van der Waals surface area contributed by atoms with Crippen molar-refractivity contribution in [3.8, 4) is 0 Å². The molecule has 8 heteroatoms. The van der Waals surface area contributed by atoms with Crippen LogP contribution in [0, 0.1) is 17.8 Å². The minimum absolute atomic E-state index is 0.0360. The smallest absolute Gasteiger partial charge is 0.305 e. The number of hydrogen-bond acceptors (Lipinski definition) is 8. The molecule has 0 heterocycles. The van der Waals surface area contributed by atoms with Gasteiger partial charge in [0.05, 0.1) is 12.2 Å². The monoisotopic (exact) mass is 681 g/mol. The molecule has 1 rings (SSSR count). The van der Waals surface area contributed by atoms with Gasteiger partial charge in [0, 0.05) is 25.2 Å². The molecule has 48 heavy (non-hydrogen) atoms. The molecule has 1 fully saturated rings. The van der Waals surface area contributed by atoms with Crippen LogP contribution in [0.1, 0.15) is 175 Å². The van der Waals surface area contributed by atoms with Crippen LogP contribution in [0.25, 0.3) is 0 Å². The lowest BCUT2D eigenvalue weighted by molar-refractivity contribution is -0.152. The Kier molecular flexibility index (Phi) is 26.7. The van der Waals surface area contributed by atoms with Crippen molar-refractivity contribution in [3.63, 3.8) is 0 Å². The Bertz CT molecular complexity index is 856. The van der Waals surface area contributed by atoms with Crippen molar-refractivity contribution in [3.05, 3.63) is 12.2 Å². The highest BCUT2D eigenvalue weighted by Crippen LogP contribution is 2.34. The van der Waals surface area contributed by atoms with E-state index in [9.17, 15) is 29.7 Å². The summed E-state index contributed by atoms with van der Waals surface area (Å²) in [6.45, 7) is 6.33. The Balaban J connectivity index is 2.02. The topological polar surface area (TPSA) is 130 Å². The summed E-state index contributed by atoms with van der Waals surface area (Å²) in [5, 5.41) is 30.6. The van der Waals surface area contributed by atoms with Gasteiger partial charge < -0.3 is 24.8 Å². The molecule has 0 saturated heterocycles. The van der Waals surface area contributed by atoms with Crippen molar-refractivity contribution in [1.29, 1.82) is 0 Å². The van der Waals surface area contributed by atoms with E-state index in [2.05, 4.69) is 20.8 Å². The number of unbranched alkanes of at least 4 members (excludes halogenated alkanes) is 15. The first-order chi connectivity index (χ1) is 23.1. The van der Waals surface area contributed by atoms with E-state index in [-0.39, 0.29) is 55.6 Å². The van der Waals surface area contributed by atoms with Gasteiger partial charge in [0.25, 0.3) is 0 Å². The number of carbonyl (C=O) groups excluding carboxylic acids is 3. The zero-order chi connectivity index (χ0) is 35.4. The fourth-order valence-corrected chi connectivity index (χ4v) is 6.53. The maximum Gasteiger partial charge on any atom is 0.305 e. The van der Waals surface area contributed by atoms with Crippen molar-refractivity contribution in [2.75, 3.05) is 13.2 Å². The summed E-state index contributed by atoms with van der Waals surface area (Å²) in [4.78, 5) is 36.5. The number of aliphatic hydroxyl groups is 3. The molecule has 0 unspecified atom stereocenters. The molecule has 0 aliphatic heterocycles. The van der Waals surface area contributed by atoms with Crippen LogP contribution in [0.2, 0.25) is 0 Å². The first-order valence-corrected chi connectivity index (χ1v) is 19.7. The third-order valence-corrected chi connectivity index (χ3v) is 9.59. The predicted octanol–water partition coefficient (Wildman–Crippen LogP) is 8.57. The molecule has 0 aromatic rings. The van der Waals surface area contributed by atoms with Crippen LogP contribution in [0.4, 0.5) is 0 Å². The first kappa shape index (κ1) is 44.3. The third kappa shape index (κ3) is 23.6. The quantitative estimate of drug-likeness (QED) is 0.0377. The molecule has 3 N–H and O–H groups in total. The van der Waals surface area contributed by atoms with Crippen molar-refractivity contribution >= 4 is 17.7 Å². The highest BCUT2D eigenvalue weighted by molar-refractivity contribution is 5.86.